The first-order valence-corrected chi connectivity index (χ1v) is 13.7. The summed E-state index contributed by atoms with van der Waals surface area (Å²) in [5.41, 5.74) is 4.12. The zero-order chi connectivity index (χ0) is 18.1. The molecule has 3 aromatic rings. The van der Waals surface area contributed by atoms with Gasteiger partial charge in [0.05, 0.1) is 0 Å². The summed E-state index contributed by atoms with van der Waals surface area (Å²) in [7, 11) is 0. The second-order valence-electron chi connectivity index (χ2n) is 6.70. The largest absolute Gasteiger partial charge is 0.0622 e. The summed E-state index contributed by atoms with van der Waals surface area (Å²) in [5, 5.41) is 0. The Kier molecular flexibility index (Phi) is 7.70. The van der Waals surface area contributed by atoms with Crippen LogP contribution in [-0.2, 0) is 5.41 Å². The average molecular weight is 472 g/mol. The SMILES string of the molecule is IPCCCCCC(c1ccccc1)(c1ccccc1)c1ccccc1. The van der Waals surface area contributed by atoms with Gasteiger partial charge in [-0.1, -0.05) is 132 Å². The third-order valence-corrected chi connectivity index (χ3v) is 7.28. The second kappa shape index (κ2) is 10.2. The van der Waals surface area contributed by atoms with Crippen LogP contribution in [0.4, 0.5) is 0 Å². The van der Waals surface area contributed by atoms with Gasteiger partial charge in [0.2, 0.25) is 0 Å². The van der Waals surface area contributed by atoms with Crippen molar-refractivity contribution in [3.63, 3.8) is 0 Å². The van der Waals surface area contributed by atoms with Crippen LogP contribution in [0.25, 0.3) is 0 Å². The van der Waals surface area contributed by atoms with Crippen molar-refractivity contribution >= 4 is 28.3 Å². The van der Waals surface area contributed by atoms with E-state index >= 15 is 0 Å². The van der Waals surface area contributed by atoms with Crippen molar-refractivity contribution in [3.8, 4) is 0 Å². The molecule has 0 aliphatic carbocycles. The summed E-state index contributed by atoms with van der Waals surface area (Å²) in [5.74, 6) is 0. The Bertz CT molecular complexity index is 659. The van der Waals surface area contributed by atoms with Crippen LogP contribution in [0.1, 0.15) is 42.4 Å². The van der Waals surface area contributed by atoms with Crippen molar-refractivity contribution in [2.24, 2.45) is 0 Å². The zero-order valence-corrected chi connectivity index (χ0v) is 18.2. The van der Waals surface area contributed by atoms with Gasteiger partial charge in [0.1, 0.15) is 0 Å². The van der Waals surface area contributed by atoms with Gasteiger partial charge in [-0.3, -0.25) is 0 Å². The fourth-order valence-electron chi connectivity index (χ4n) is 3.86. The Hall–Kier alpha value is -1.18. The van der Waals surface area contributed by atoms with Gasteiger partial charge in [-0.2, -0.15) is 0 Å². The van der Waals surface area contributed by atoms with E-state index in [1.807, 2.05) is 0 Å². The molecule has 0 heterocycles. The van der Waals surface area contributed by atoms with Crippen LogP contribution >= 0.6 is 28.3 Å². The lowest BCUT2D eigenvalue weighted by atomic mass is 9.66. The molecule has 0 amide bonds. The van der Waals surface area contributed by atoms with Crippen molar-refractivity contribution in [2.45, 2.75) is 31.1 Å². The van der Waals surface area contributed by atoms with Gasteiger partial charge in [-0.25, -0.2) is 0 Å². The van der Waals surface area contributed by atoms with Crippen molar-refractivity contribution in [1.82, 2.24) is 0 Å². The molecule has 0 fully saturated rings. The Morgan fingerprint density at radius 1 is 0.577 bits per heavy atom. The van der Waals surface area contributed by atoms with Gasteiger partial charge < -0.3 is 0 Å². The third kappa shape index (κ3) is 4.56. The molecule has 0 saturated carbocycles. The lowest BCUT2D eigenvalue weighted by Gasteiger charge is -2.36. The molecular weight excluding hydrogens is 446 g/mol. The molecule has 0 aromatic heterocycles. The standard InChI is InChI=1S/C24H26IP/c25-26-20-12-4-11-19-24(21-13-5-1-6-14-21,22-15-7-2-8-16-22)23-17-9-3-10-18-23/h1-3,5-10,13-18,26H,4,11-12,19-20H2. The van der Waals surface area contributed by atoms with Crippen LogP contribution in [-0.4, -0.2) is 6.16 Å². The molecule has 0 nitrogen and oxygen atoms in total. The molecule has 0 aliphatic rings. The van der Waals surface area contributed by atoms with E-state index in [1.165, 1.54) is 42.1 Å². The van der Waals surface area contributed by atoms with E-state index < -0.39 is 0 Å². The molecule has 0 spiro atoms. The number of halogens is 1. The fourth-order valence-corrected chi connectivity index (χ4v) is 5.39. The Morgan fingerprint density at radius 3 is 1.38 bits per heavy atom. The summed E-state index contributed by atoms with van der Waals surface area (Å²) >= 11 is 2.51. The van der Waals surface area contributed by atoms with E-state index in [9.17, 15) is 0 Å². The van der Waals surface area contributed by atoms with Crippen LogP contribution in [0.3, 0.4) is 0 Å². The summed E-state index contributed by atoms with van der Waals surface area (Å²) in [6.45, 7) is 0. The van der Waals surface area contributed by atoms with Gasteiger partial charge in [0.25, 0.3) is 0 Å². The Labute approximate surface area is 172 Å². The highest BCUT2D eigenvalue weighted by molar-refractivity contribution is 14.2. The summed E-state index contributed by atoms with van der Waals surface area (Å²) < 4.78 is 0. The maximum atomic E-state index is 2.51. The molecule has 26 heavy (non-hydrogen) atoms. The smallest absolute Gasteiger partial charge is 0.0451 e. The summed E-state index contributed by atoms with van der Waals surface area (Å²) in [4.78, 5) is 0. The molecule has 0 saturated heterocycles. The average Bonchev–Trinajstić information content (AvgIpc) is 2.73. The van der Waals surface area contributed by atoms with Crippen molar-refractivity contribution in [1.29, 1.82) is 0 Å². The third-order valence-electron chi connectivity index (χ3n) is 5.12. The van der Waals surface area contributed by atoms with Gasteiger partial charge in [0.15, 0.2) is 0 Å². The minimum absolute atomic E-state index is 0.0730. The monoisotopic (exact) mass is 472 g/mol. The minimum Gasteiger partial charge on any atom is -0.0622 e. The number of hydrogen-bond acceptors (Lipinski definition) is 0. The van der Waals surface area contributed by atoms with Crippen LogP contribution in [0.15, 0.2) is 91.0 Å². The Balaban J connectivity index is 2.06. The van der Waals surface area contributed by atoms with Gasteiger partial charge >= 0.3 is 0 Å². The first-order valence-electron chi connectivity index (χ1n) is 9.38. The van der Waals surface area contributed by atoms with E-state index in [-0.39, 0.29) is 5.41 Å². The highest BCUT2D eigenvalue weighted by atomic mass is 127. The van der Waals surface area contributed by atoms with Crippen LogP contribution in [0, 0.1) is 0 Å². The Morgan fingerprint density at radius 2 is 1.00 bits per heavy atom. The number of benzene rings is 3. The number of hydrogen-bond donors (Lipinski definition) is 0. The number of rotatable bonds is 9. The molecule has 1 unspecified atom stereocenters. The van der Waals surface area contributed by atoms with Gasteiger partial charge in [-0.15, -0.1) is 0 Å². The minimum atomic E-state index is -0.0730. The lowest BCUT2D eigenvalue weighted by molar-refractivity contribution is 0.516. The molecule has 3 rings (SSSR count). The lowest BCUT2D eigenvalue weighted by Crippen LogP contribution is -2.29. The number of unbranched alkanes of at least 4 members (excludes halogenated alkanes) is 2. The normalized spacial score (nSPS) is 11.9. The zero-order valence-electron chi connectivity index (χ0n) is 15.1. The molecule has 134 valence electrons. The molecule has 0 aliphatic heterocycles. The second-order valence-corrected chi connectivity index (χ2v) is 9.75. The highest BCUT2D eigenvalue weighted by Crippen LogP contribution is 2.43. The summed E-state index contributed by atoms with van der Waals surface area (Å²) in [6.07, 6.45) is 7.45. The molecular formula is C24H26IP. The molecule has 3 aromatic carbocycles. The molecule has 0 N–H and O–H groups in total. The first-order chi connectivity index (χ1) is 12.9. The molecule has 0 radical (unpaired) electrons. The van der Waals surface area contributed by atoms with Crippen LogP contribution in [0.5, 0.6) is 0 Å². The molecule has 0 bridgehead atoms. The predicted molar refractivity (Wildman–Crippen MR) is 125 cm³/mol. The first kappa shape index (κ1) is 19.6. The maximum absolute atomic E-state index is 2.51. The topological polar surface area (TPSA) is 0 Å². The molecule has 1 atom stereocenters. The van der Waals surface area contributed by atoms with Gasteiger partial charge in [0, 0.05) is 5.41 Å². The fraction of sp³-hybridized carbons (Fsp3) is 0.250. The maximum Gasteiger partial charge on any atom is 0.0451 e. The van der Waals surface area contributed by atoms with E-state index in [2.05, 4.69) is 113 Å². The quantitative estimate of drug-likeness (QED) is 0.130. The van der Waals surface area contributed by atoms with Crippen molar-refractivity contribution < 1.29 is 0 Å². The van der Waals surface area contributed by atoms with E-state index in [1.54, 1.807) is 0 Å². The van der Waals surface area contributed by atoms with Gasteiger partial charge in [-0.05, 0) is 35.7 Å². The van der Waals surface area contributed by atoms with Crippen LogP contribution in [0.2, 0.25) is 0 Å². The van der Waals surface area contributed by atoms with E-state index in [0.29, 0.717) is 0 Å². The highest BCUT2D eigenvalue weighted by Gasteiger charge is 2.35. The molecule has 2 heteroatoms. The van der Waals surface area contributed by atoms with E-state index in [0.717, 1.165) is 12.6 Å². The van der Waals surface area contributed by atoms with Crippen LogP contribution < -0.4 is 0 Å². The van der Waals surface area contributed by atoms with Crippen molar-refractivity contribution in [3.05, 3.63) is 108 Å². The van der Waals surface area contributed by atoms with Crippen molar-refractivity contribution in [2.75, 3.05) is 6.16 Å². The van der Waals surface area contributed by atoms with E-state index in [4.69, 9.17) is 0 Å². The summed E-state index contributed by atoms with van der Waals surface area (Å²) in [6, 6.07) is 33.2. The predicted octanol–water partition coefficient (Wildman–Crippen LogP) is 7.61.